The standard InChI is InChI=1S/C11H14N4O3/c1-18-9-4-2-8(3-5-9)10-13-14(6-7-16)11(17)15(10)12/h2-5,16H,6-7,12H2,1H3. The number of hydrogen-bond acceptors (Lipinski definition) is 5. The fraction of sp³-hybridized carbons (Fsp3) is 0.273. The molecule has 7 heteroatoms. The average molecular weight is 250 g/mol. The number of nitrogens with two attached hydrogens (primary N) is 1. The third kappa shape index (κ3) is 2.07. The maximum atomic E-state index is 11.7. The smallest absolute Gasteiger partial charge is 0.364 e. The number of hydrogen-bond donors (Lipinski definition) is 2. The highest BCUT2D eigenvalue weighted by atomic mass is 16.5. The Balaban J connectivity index is 2.43. The molecule has 0 radical (unpaired) electrons. The van der Waals surface area contributed by atoms with Crippen LogP contribution < -0.4 is 16.3 Å². The van der Waals surface area contributed by atoms with Crippen LogP contribution in [-0.4, -0.2) is 33.3 Å². The average Bonchev–Trinajstić information content (AvgIpc) is 2.68. The fourth-order valence-corrected chi connectivity index (χ4v) is 1.60. The SMILES string of the molecule is COc1ccc(-c2nn(CCO)c(=O)n2N)cc1. The van der Waals surface area contributed by atoms with Crippen molar-refractivity contribution in [2.75, 3.05) is 19.6 Å². The minimum atomic E-state index is -0.463. The minimum Gasteiger partial charge on any atom is -0.497 e. The summed E-state index contributed by atoms with van der Waals surface area (Å²) >= 11 is 0. The number of ether oxygens (including phenoxy) is 1. The molecule has 2 aromatic rings. The lowest BCUT2D eigenvalue weighted by atomic mass is 10.2. The van der Waals surface area contributed by atoms with Crippen molar-refractivity contribution in [1.82, 2.24) is 14.5 Å². The number of aliphatic hydroxyl groups is 1. The van der Waals surface area contributed by atoms with E-state index in [1.165, 1.54) is 0 Å². The maximum Gasteiger partial charge on any atom is 0.364 e. The highest BCUT2D eigenvalue weighted by molar-refractivity contribution is 5.56. The largest absolute Gasteiger partial charge is 0.497 e. The molecule has 1 aromatic heterocycles. The normalized spacial score (nSPS) is 10.6. The summed E-state index contributed by atoms with van der Waals surface area (Å²) in [5, 5.41) is 12.9. The number of rotatable bonds is 4. The second-order valence-corrected chi connectivity index (χ2v) is 3.65. The molecule has 0 saturated heterocycles. The third-order valence-corrected chi connectivity index (χ3v) is 2.53. The number of nitrogens with zero attached hydrogens (tertiary/aromatic N) is 3. The van der Waals surface area contributed by atoms with Crippen LogP contribution in [0.4, 0.5) is 0 Å². The highest BCUT2D eigenvalue weighted by Gasteiger charge is 2.12. The van der Waals surface area contributed by atoms with Crippen LogP contribution in [0.1, 0.15) is 0 Å². The van der Waals surface area contributed by atoms with Crippen molar-refractivity contribution in [3.63, 3.8) is 0 Å². The molecule has 0 bridgehead atoms. The number of aliphatic hydroxyl groups excluding tert-OH is 1. The molecular formula is C11H14N4O3. The van der Waals surface area contributed by atoms with Gasteiger partial charge in [-0.1, -0.05) is 0 Å². The van der Waals surface area contributed by atoms with Gasteiger partial charge in [-0.05, 0) is 24.3 Å². The predicted molar refractivity (Wildman–Crippen MR) is 65.7 cm³/mol. The first-order chi connectivity index (χ1) is 8.67. The Morgan fingerprint density at radius 1 is 1.39 bits per heavy atom. The molecule has 0 aliphatic rings. The van der Waals surface area contributed by atoms with Crippen LogP contribution in [0.2, 0.25) is 0 Å². The van der Waals surface area contributed by atoms with E-state index in [9.17, 15) is 4.79 Å². The van der Waals surface area contributed by atoms with Gasteiger partial charge >= 0.3 is 5.69 Å². The number of nitrogen functional groups attached to an aromatic ring is 1. The Bertz CT molecular complexity index is 585. The third-order valence-electron chi connectivity index (χ3n) is 2.53. The van der Waals surface area contributed by atoms with E-state index in [2.05, 4.69) is 5.10 Å². The first-order valence-corrected chi connectivity index (χ1v) is 5.37. The van der Waals surface area contributed by atoms with Gasteiger partial charge < -0.3 is 15.7 Å². The lowest BCUT2D eigenvalue weighted by Crippen LogP contribution is -2.30. The lowest BCUT2D eigenvalue weighted by molar-refractivity contribution is 0.267. The number of aromatic nitrogens is 3. The molecule has 0 atom stereocenters. The zero-order valence-corrected chi connectivity index (χ0v) is 9.91. The molecule has 0 saturated carbocycles. The molecular weight excluding hydrogens is 236 g/mol. The van der Waals surface area contributed by atoms with Crippen LogP contribution in [0, 0.1) is 0 Å². The second kappa shape index (κ2) is 4.92. The summed E-state index contributed by atoms with van der Waals surface area (Å²) in [5.74, 6) is 6.70. The summed E-state index contributed by atoms with van der Waals surface area (Å²) in [6, 6.07) is 7.02. The Hall–Kier alpha value is -2.28. The quantitative estimate of drug-likeness (QED) is 0.708. The van der Waals surface area contributed by atoms with Crippen molar-refractivity contribution in [2.24, 2.45) is 0 Å². The zero-order valence-electron chi connectivity index (χ0n) is 9.91. The van der Waals surface area contributed by atoms with Gasteiger partial charge in [0.15, 0.2) is 5.82 Å². The van der Waals surface area contributed by atoms with Crippen LogP contribution in [-0.2, 0) is 6.54 Å². The number of benzene rings is 1. The van der Waals surface area contributed by atoms with Crippen molar-refractivity contribution in [2.45, 2.75) is 6.54 Å². The summed E-state index contributed by atoms with van der Waals surface area (Å²) in [4.78, 5) is 11.7. The molecule has 0 aliphatic heterocycles. The zero-order chi connectivity index (χ0) is 13.1. The van der Waals surface area contributed by atoms with Crippen molar-refractivity contribution in [3.05, 3.63) is 34.7 Å². The van der Waals surface area contributed by atoms with Crippen molar-refractivity contribution in [1.29, 1.82) is 0 Å². The minimum absolute atomic E-state index is 0.117. The van der Waals surface area contributed by atoms with Gasteiger partial charge in [0, 0.05) is 5.56 Å². The van der Waals surface area contributed by atoms with Crippen LogP contribution in [0.5, 0.6) is 5.75 Å². The van der Waals surface area contributed by atoms with E-state index in [1.807, 2.05) is 0 Å². The summed E-state index contributed by atoms with van der Waals surface area (Å²) in [6.07, 6.45) is 0. The fourth-order valence-electron chi connectivity index (χ4n) is 1.60. The summed E-state index contributed by atoms with van der Waals surface area (Å²) in [5.41, 5.74) is 0.238. The molecule has 2 rings (SSSR count). The molecule has 0 spiro atoms. The Labute approximate surface area is 103 Å². The van der Waals surface area contributed by atoms with E-state index in [-0.39, 0.29) is 13.2 Å². The molecule has 7 nitrogen and oxygen atoms in total. The van der Waals surface area contributed by atoms with E-state index >= 15 is 0 Å². The van der Waals surface area contributed by atoms with Crippen molar-refractivity contribution < 1.29 is 9.84 Å². The van der Waals surface area contributed by atoms with Gasteiger partial charge in [0.2, 0.25) is 0 Å². The van der Waals surface area contributed by atoms with Gasteiger partial charge in [-0.2, -0.15) is 4.68 Å². The van der Waals surface area contributed by atoms with E-state index in [0.717, 1.165) is 9.36 Å². The highest BCUT2D eigenvalue weighted by Crippen LogP contribution is 2.18. The molecule has 0 aliphatic carbocycles. The topological polar surface area (TPSA) is 95.3 Å². The Morgan fingerprint density at radius 3 is 2.61 bits per heavy atom. The van der Waals surface area contributed by atoms with Crippen molar-refractivity contribution >= 4 is 0 Å². The molecule has 1 heterocycles. The maximum absolute atomic E-state index is 11.7. The predicted octanol–water partition coefficient (Wildman–Crippen LogP) is -0.573. The molecule has 96 valence electrons. The first-order valence-electron chi connectivity index (χ1n) is 5.37. The van der Waals surface area contributed by atoms with Gasteiger partial charge in [0.05, 0.1) is 20.3 Å². The first kappa shape index (κ1) is 12.2. The number of methoxy groups -OCH3 is 1. The van der Waals surface area contributed by atoms with Gasteiger partial charge in [0.25, 0.3) is 0 Å². The summed E-state index contributed by atoms with van der Waals surface area (Å²) in [7, 11) is 1.57. The lowest BCUT2D eigenvalue weighted by Gasteiger charge is -2.01. The summed E-state index contributed by atoms with van der Waals surface area (Å²) < 4.78 is 7.12. The van der Waals surface area contributed by atoms with Crippen molar-refractivity contribution in [3.8, 4) is 17.1 Å². The Morgan fingerprint density at radius 2 is 2.06 bits per heavy atom. The van der Waals surface area contributed by atoms with Gasteiger partial charge in [0.1, 0.15) is 5.75 Å². The van der Waals surface area contributed by atoms with E-state index < -0.39 is 5.69 Å². The van der Waals surface area contributed by atoms with E-state index in [4.69, 9.17) is 15.7 Å². The van der Waals surface area contributed by atoms with E-state index in [0.29, 0.717) is 17.1 Å². The van der Waals surface area contributed by atoms with Crippen LogP contribution in [0.15, 0.2) is 29.1 Å². The monoisotopic (exact) mass is 250 g/mol. The molecule has 18 heavy (non-hydrogen) atoms. The molecule has 0 amide bonds. The summed E-state index contributed by atoms with van der Waals surface area (Å²) in [6.45, 7) is -0.0504. The molecule has 0 fully saturated rings. The molecule has 3 N–H and O–H groups in total. The molecule has 1 aromatic carbocycles. The van der Waals surface area contributed by atoms with Crippen LogP contribution in [0.25, 0.3) is 11.4 Å². The van der Waals surface area contributed by atoms with Gasteiger partial charge in [-0.3, -0.25) is 0 Å². The van der Waals surface area contributed by atoms with E-state index in [1.54, 1.807) is 31.4 Å². The Kier molecular flexibility index (Phi) is 3.33. The van der Waals surface area contributed by atoms with Gasteiger partial charge in [-0.15, -0.1) is 5.10 Å². The second-order valence-electron chi connectivity index (χ2n) is 3.65. The molecule has 0 unspecified atom stereocenters. The van der Waals surface area contributed by atoms with Crippen LogP contribution >= 0.6 is 0 Å². The van der Waals surface area contributed by atoms with Gasteiger partial charge in [-0.25, -0.2) is 9.48 Å². The van der Waals surface area contributed by atoms with Crippen LogP contribution in [0.3, 0.4) is 0 Å².